The van der Waals surface area contributed by atoms with Crippen LogP contribution in [0.15, 0.2) is 29.2 Å². The van der Waals surface area contributed by atoms with Crippen molar-refractivity contribution >= 4 is 25.8 Å². The van der Waals surface area contributed by atoms with Crippen LogP contribution in [-0.2, 0) is 24.7 Å². The number of nitrogens with zero attached hydrogens (tertiary/aromatic N) is 1. The van der Waals surface area contributed by atoms with Gasteiger partial charge in [0.2, 0.25) is 10.0 Å². The molecule has 0 bridgehead atoms. The fourth-order valence-electron chi connectivity index (χ4n) is 2.48. The number of benzene rings is 1. The zero-order valence-corrected chi connectivity index (χ0v) is 14.3. The van der Waals surface area contributed by atoms with E-state index in [-0.39, 0.29) is 4.90 Å². The fraction of sp³-hybridized carbons (Fsp3) is 0.462. The van der Waals surface area contributed by atoms with Crippen LogP contribution in [-0.4, -0.2) is 74.6 Å². The number of sulfonamides is 1. The molecule has 0 radical (unpaired) electrons. The number of hydrogen-bond acceptors (Lipinski definition) is 7. The third kappa shape index (κ3) is 3.86. The van der Waals surface area contributed by atoms with Crippen molar-refractivity contribution in [2.24, 2.45) is 0 Å². The van der Waals surface area contributed by atoms with E-state index in [1.54, 1.807) is 0 Å². The Morgan fingerprint density at radius 2 is 1.88 bits per heavy atom. The van der Waals surface area contributed by atoms with E-state index in [0.717, 1.165) is 0 Å². The maximum absolute atomic E-state index is 12.7. The fourth-order valence-corrected chi connectivity index (χ4v) is 5.98. The summed E-state index contributed by atoms with van der Waals surface area (Å²) >= 11 is 0. The van der Waals surface area contributed by atoms with Gasteiger partial charge in [0, 0.05) is 0 Å². The number of hydrogen-bond donors (Lipinski definition) is 2. The largest absolute Gasteiger partial charge is 0.497 e. The molecule has 24 heavy (non-hydrogen) atoms. The highest BCUT2D eigenvalue weighted by molar-refractivity contribution is 7.92. The molecule has 0 saturated carbocycles. The molecule has 11 heteroatoms. The van der Waals surface area contributed by atoms with Crippen LogP contribution < -0.4 is 4.74 Å². The van der Waals surface area contributed by atoms with Gasteiger partial charge in [-0.25, -0.2) is 16.8 Å². The minimum Gasteiger partial charge on any atom is -0.497 e. The molecule has 1 heterocycles. The molecule has 0 aromatic heterocycles. The van der Waals surface area contributed by atoms with Crippen molar-refractivity contribution in [2.45, 2.75) is 17.0 Å². The molecular weight excluding hydrogens is 362 g/mol. The lowest BCUT2D eigenvalue weighted by atomic mass is 10.2. The second-order valence-corrected chi connectivity index (χ2v) is 9.38. The summed E-state index contributed by atoms with van der Waals surface area (Å²) < 4.78 is 54.2. The van der Waals surface area contributed by atoms with Crippen molar-refractivity contribution in [3.63, 3.8) is 0 Å². The number of aliphatic carboxylic acids is 1. The normalized spacial score (nSPS) is 23.3. The molecule has 1 aliphatic heterocycles. The van der Waals surface area contributed by atoms with Crippen molar-refractivity contribution in [1.82, 2.24) is 4.31 Å². The van der Waals surface area contributed by atoms with Gasteiger partial charge < -0.3 is 14.9 Å². The standard InChI is InChI=1S/C13H17NO8S2/c1-22-9-2-4-10(5-3-9)24(20,21)14(6-13(16)17)11-7-23(18,19)8-12(11)15/h2-5,11-12,15H,6-8H2,1H3,(H,16,17)/t11-,12-/m0/s1. The highest BCUT2D eigenvalue weighted by atomic mass is 32.2. The van der Waals surface area contributed by atoms with Gasteiger partial charge in [0.25, 0.3) is 0 Å². The summed E-state index contributed by atoms with van der Waals surface area (Å²) in [5, 5.41) is 18.9. The summed E-state index contributed by atoms with van der Waals surface area (Å²) in [5.74, 6) is -2.28. The summed E-state index contributed by atoms with van der Waals surface area (Å²) in [6.45, 7) is -0.953. The zero-order valence-electron chi connectivity index (χ0n) is 12.7. The Morgan fingerprint density at radius 1 is 1.29 bits per heavy atom. The molecule has 9 nitrogen and oxygen atoms in total. The summed E-state index contributed by atoms with van der Waals surface area (Å²) in [7, 11) is -6.56. The highest BCUT2D eigenvalue weighted by Crippen LogP contribution is 2.26. The van der Waals surface area contributed by atoms with Crippen molar-refractivity contribution < 1.29 is 36.6 Å². The Hall–Kier alpha value is -1.69. The van der Waals surface area contributed by atoms with Crippen molar-refractivity contribution in [3.8, 4) is 5.75 Å². The molecule has 134 valence electrons. The Labute approximate surface area is 139 Å². The van der Waals surface area contributed by atoms with Crippen LogP contribution in [0.2, 0.25) is 0 Å². The van der Waals surface area contributed by atoms with Crippen molar-refractivity contribution in [3.05, 3.63) is 24.3 Å². The van der Waals surface area contributed by atoms with E-state index in [4.69, 9.17) is 9.84 Å². The first-order valence-corrected chi connectivity index (χ1v) is 10.1. The molecule has 0 spiro atoms. The van der Waals surface area contributed by atoms with Gasteiger partial charge in [-0.3, -0.25) is 4.79 Å². The van der Waals surface area contributed by atoms with E-state index in [1.165, 1.54) is 31.4 Å². The van der Waals surface area contributed by atoms with Crippen molar-refractivity contribution in [1.29, 1.82) is 0 Å². The first-order valence-electron chi connectivity index (χ1n) is 6.83. The van der Waals surface area contributed by atoms with Gasteiger partial charge in [-0.15, -0.1) is 0 Å². The Kier molecular flexibility index (Phi) is 5.18. The Balaban J connectivity index is 2.44. The minimum absolute atomic E-state index is 0.221. The van der Waals surface area contributed by atoms with E-state index >= 15 is 0 Å². The SMILES string of the molecule is COc1ccc(S(=O)(=O)N(CC(=O)O)[C@H]2CS(=O)(=O)C[C@@H]2O)cc1. The quantitative estimate of drug-likeness (QED) is 0.637. The highest BCUT2D eigenvalue weighted by Gasteiger charge is 2.45. The number of rotatable bonds is 6. The first-order chi connectivity index (χ1) is 11.1. The van der Waals surface area contributed by atoms with Gasteiger partial charge in [-0.1, -0.05) is 0 Å². The number of ether oxygens (including phenoxy) is 1. The summed E-state index contributed by atoms with van der Waals surface area (Å²) in [6, 6.07) is 3.86. The second kappa shape index (κ2) is 6.67. The van der Waals surface area contributed by atoms with E-state index in [0.29, 0.717) is 10.1 Å². The van der Waals surface area contributed by atoms with E-state index in [1.807, 2.05) is 0 Å². The van der Waals surface area contributed by atoms with Gasteiger partial charge in [0.1, 0.15) is 12.3 Å². The first kappa shape index (κ1) is 18.6. The van der Waals surface area contributed by atoms with E-state index in [2.05, 4.69) is 0 Å². The monoisotopic (exact) mass is 379 g/mol. The average molecular weight is 379 g/mol. The molecule has 0 aliphatic carbocycles. The maximum Gasteiger partial charge on any atom is 0.318 e. The lowest BCUT2D eigenvalue weighted by Crippen LogP contribution is -2.48. The third-order valence-electron chi connectivity index (χ3n) is 3.62. The molecule has 2 rings (SSSR count). The number of aliphatic hydroxyl groups excluding tert-OH is 1. The Morgan fingerprint density at radius 3 is 2.29 bits per heavy atom. The summed E-state index contributed by atoms with van der Waals surface area (Å²) in [6.07, 6.45) is -1.48. The van der Waals surface area contributed by atoms with Crippen LogP contribution in [0, 0.1) is 0 Å². The van der Waals surface area contributed by atoms with Crippen LogP contribution in [0.3, 0.4) is 0 Å². The van der Waals surface area contributed by atoms with Gasteiger partial charge in [0.15, 0.2) is 9.84 Å². The number of carboxylic acid groups (broad SMARTS) is 1. The minimum atomic E-state index is -4.32. The van der Waals surface area contributed by atoms with Gasteiger partial charge >= 0.3 is 5.97 Å². The van der Waals surface area contributed by atoms with Gasteiger partial charge in [0.05, 0.1) is 35.7 Å². The topological polar surface area (TPSA) is 138 Å². The summed E-state index contributed by atoms with van der Waals surface area (Å²) in [4.78, 5) is 10.8. The number of sulfone groups is 1. The van der Waals surface area contributed by atoms with Crippen LogP contribution in [0.1, 0.15) is 0 Å². The molecular formula is C13H17NO8S2. The molecule has 2 atom stereocenters. The molecule has 1 aromatic rings. The van der Waals surface area contributed by atoms with Crippen LogP contribution >= 0.6 is 0 Å². The van der Waals surface area contributed by atoms with Crippen LogP contribution in [0.5, 0.6) is 5.75 Å². The van der Waals surface area contributed by atoms with Gasteiger partial charge in [-0.2, -0.15) is 4.31 Å². The molecule has 0 unspecified atom stereocenters. The summed E-state index contributed by atoms with van der Waals surface area (Å²) in [5.41, 5.74) is 0. The third-order valence-corrected chi connectivity index (χ3v) is 7.20. The Bertz CT molecular complexity index is 816. The zero-order chi connectivity index (χ0) is 18.1. The molecule has 1 fully saturated rings. The van der Waals surface area contributed by atoms with Gasteiger partial charge in [-0.05, 0) is 24.3 Å². The molecule has 1 aliphatic rings. The number of methoxy groups -OCH3 is 1. The van der Waals surface area contributed by atoms with Crippen LogP contribution in [0.25, 0.3) is 0 Å². The maximum atomic E-state index is 12.7. The van der Waals surface area contributed by atoms with E-state index < -0.39 is 56.0 Å². The molecule has 2 N–H and O–H groups in total. The predicted octanol–water partition coefficient (Wildman–Crippen LogP) is -1.07. The van der Waals surface area contributed by atoms with Crippen molar-refractivity contribution in [2.75, 3.05) is 25.2 Å². The molecule has 1 aromatic carbocycles. The number of carboxylic acids is 1. The number of aliphatic hydroxyl groups is 1. The lowest BCUT2D eigenvalue weighted by Gasteiger charge is -2.27. The number of carbonyl (C=O) groups is 1. The molecule has 1 saturated heterocycles. The predicted molar refractivity (Wildman–Crippen MR) is 83.0 cm³/mol. The second-order valence-electron chi connectivity index (χ2n) is 5.33. The smallest absolute Gasteiger partial charge is 0.318 e. The van der Waals surface area contributed by atoms with Crippen LogP contribution in [0.4, 0.5) is 0 Å². The lowest BCUT2D eigenvalue weighted by molar-refractivity contribution is -0.137. The average Bonchev–Trinajstić information content (AvgIpc) is 2.77. The molecule has 0 amide bonds. The van der Waals surface area contributed by atoms with E-state index in [9.17, 15) is 26.7 Å².